The summed E-state index contributed by atoms with van der Waals surface area (Å²) in [5.41, 5.74) is 0. The third-order valence-electron chi connectivity index (χ3n) is 4.61. The molecule has 5 nitrogen and oxygen atoms in total. The van der Waals surface area contributed by atoms with E-state index < -0.39 is 18.0 Å². The Labute approximate surface area is 139 Å². The summed E-state index contributed by atoms with van der Waals surface area (Å²) in [6.45, 7) is 5.62. The van der Waals surface area contributed by atoms with E-state index >= 15 is 0 Å². The van der Waals surface area contributed by atoms with E-state index in [-0.39, 0.29) is 17.6 Å². The Morgan fingerprint density at radius 1 is 1.22 bits per heavy atom. The minimum absolute atomic E-state index is 0.0123. The monoisotopic (exact) mass is 328 g/mol. The first-order valence-electron chi connectivity index (χ1n) is 8.46. The summed E-state index contributed by atoms with van der Waals surface area (Å²) in [6, 6.07) is 0. The molecule has 0 aromatic rings. The molecule has 1 fully saturated rings. The Morgan fingerprint density at radius 3 is 2.48 bits per heavy atom. The molecule has 0 bridgehead atoms. The van der Waals surface area contributed by atoms with Crippen molar-refractivity contribution in [2.24, 2.45) is 11.8 Å². The molecule has 2 unspecified atom stereocenters. The van der Waals surface area contributed by atoms with Gasteiger partial charge in [0, 0.05) is 19.4 Å². The van der Waals surface area contributed by atoms with Crippen molar-refractivity contribution in [3.63, 3.8) is 0 Å². The van der Waals surface area contributed by atoms with Gasteiger partial charge in [0.05, 0.1) is 18.8 Å². The summed E-state index contributed by atoms with van der Waals surface area (Å²) in [4.78, 5) is 10.9. The number of ketones is 1. The topological polar surface area (TPSA) is 76.0 Å². The molecule has 134 valence electrons. The van der Waals surface area contributed by atoms with Gasteiger partial charge in [0.1, 0.15) is 5.78 Å². The highest BCUT2D eigenvalue weighted by atomic mass is 16.7. The molecule has 0 amide bonds. The van der Waals surface area contributed by atoms with E-state index in [9.17, 15) is 15.0 Å². The lowest BCUT2D eigenvalue weighted by atomic mass is 9.91. The third-order valence-corrected chi connectivity index (χ3v) is 4.61. The zero-order valence-corrected chi connectivity index (χ0v) is 14.8. The van der Waals surface area contributed by atoms with Gasteiger partial charge >= 0.3 is 0 Å². The van der Waals surface area contributed by atoms with Crippen molar-refractivity contribution in [2.75, 3.05) is 13.7 Å². The average molecular weight is 328 g/mol. The third kappa shape index (κ3) is 7.12. The van der Waals surface area contributed by atoms with E-state index in [2.05, 4.69) is 6.08 Å². The number of aliphatic hydroxyl groups excluding tert-OH is 2. The SMILES string of the molecule is COC(C)(C)OC[C@H]1C(O)CC(O)[C@@H]1C/C=C\CCCC(C)=O. The highest BCUT2D eigenvalue weighted by Gasteiger charge is 2.41. The van der Waals surface area contributed by atoms with Crippen LogP contribution in [0.1, 0.15) is 52.9 Å². The van der Waals surface area contributed by atoms with Crippen LogP contribution < -0.4 is 0 Å². The fraction of sp³-hybridized carbons (Fsp3) is 0.833. The second-order valence-electron chi connectivity index (χ2n) is 6.91. The number of carbonyl (C=O) groups excluding carboxylic acids is 1. The summed E-state index contributed by atoms with van der Waals surface area (Å²) < 4.78 is 11.0. The molecule has 1 saturated carbocycles. The molecule has 23 heavy (non-hydrogen) atoms. The minimum Gasteiger partial charge on any atom is -0.393 e. The van der Waals surface area contributed by atoms with Crippen molar-refractivity contribution in [2.45, 2.75) is 70.9 Å². The molecule has 0 radical (unpaired) electrons. The van der Waals surface area contributed by atoms with Gasteiger partial charge < -0.3 is 24.5 Å². The number of allylic oxidation sites excluding steroid dienone is 2. The summed E-state index contributed by atoms with van der Waals surface area (Å²) in [6.07, 6.45) is 6.47. The van der Waals surface area contributed by atoms with Crippen molar-refractivity contribution in [3.05, 3.63) is 12.2 Å². The summed E-state index contributed by atoms with van der Waals surface area (Å²) in [7, 11) is 1.58. The molecule has 1 aliphatic rings. The first-order chi connectivity index (χ1) is 10.8. The number of hydrogen-bond acceptors (Lipinski definition) is 5. The quantitative estimate of drug-likeness (QED) is 0.366. The van der Waals surface area contributed by atoms with E-state index in [0.29, 0.717) is 25.9 Å². The zero-order valence-electron chi connectivity index (χ0n) is 14.8. The fourth-order valence-corrected chi connectivity index (χ4v) is 2.93. The van der Waals surface area contributed by atoms with Crippen LogP contribution in [0.2, 0.25) is 0 Å². The van der Waals surface area contributed by atoms with Crippen LogP contribution in [0.4, 0.5) is 0 Å². The van der Waals surface area contributed by atoms with Crippen molar-refractivity contribution >= 4 is 5.78 Å². The van der Waals surface area contributed by atoms with Gasteiger partial charge in [0.2, 0.25) is 0 Å². The van der Waals surface area contributed by atoms with Crippen molar-refractivity contribution in [1.29, 1.82) is 0 Å². The Kier molecular flexibility index (Phi) is 8.40. The van der Waals surface area contributed by atoms with Gasteiger partial charge in [0.15, 0.2) is 5.79 Å². The van der Waals surface area contributed by atoms with Crippen molar-refractivity contribution in [3.8, 4) is 0 Å². The van der Waals surface area contributed by atoms with Crippen LogP contribution in [-0.2, 0) is 14.3 Å². The lowest BCUT2D eigenvalue weighted by molar-refractivity contribution is -0.209. The Balaban J connectivity index is 2.46. The maximum absolute atomic E-state index is 10.9. The molecule has 0 saturated heterocycles. The van der Waals surface area contributed by atoms with Gasteiger partial charge in [-0.2, -0.15) is 0 Å². The molecule has 0 aliphatic heterocycles. The molecule has 0 spiro atoms. The van der Waals surface area contributed by atoms with E-state index in [0.717, 1.165) is 12.8 Å². The molecule has 1 aliphatic carbocycles. The molecule has 0 aromatic heterocycles. The smallest absolute Gasteiger partial charge is 0.162 e. The van der Waals surface area contributed by atoms with Crippen LogP contribution in [0.15, 0.2) is 12.2 Å². The number of carbonyl (C=O) groups is 1. The fourth-order valence-electron chi connectivity index (χ4n) is 2.93. The van der Waals surface area contributed by atoms with E-state index in [1.807, 2.05) is 19.9 Å². The number of ether oxygens (including phenoxy) is 2. The van der Waals surface area contributed by atoms with Crippen LogP contribution in [0.25, 0.3) is 0 Å². The molecule has 1 rings (SSSR count). The Bertz CT molecular complexity index is 391. The molecular weight excluding hydrogens is 296 g/mol. The number of Topliss-reactive ketones (excluding diaryl/α,β-unsaturated/α-hetero) is 1. The average Bonchev–Trinajstić information content (AvgIpc) is 2.74. The first kappa shape index (κ1) is 20.3. The lowest BCUT2D eigenvalue weighted by Gasteiger charge is -2.29. The second-order valence-corrected chi connectivity index (χ2v) is 6.91. The van der Waals surface area contributed by atoms with Gasteiger partial charge in [0.25, 0.3) is 0 Å². The number of aliphatic hydroxyl groups is 2. The minimum atomic E-state index is -0.694. The van der Waals surface area contributed by atoms with Crippen LogP contribution >= 0.6 is 0 Å². The summed E-state index contributed by atoms with van der Waals surface area (Å²) >= 11 is 0. The van der Waals surface area contributed by atoms with Gasteiger partial charge in [-0.15, -0.1) is 0 Å². The lowest BCUT2D eigenvalue weighted by Crippen LogP contribution is -2.34. The van der Waals surface area contributed by atoms with Crippen LogP contribution in [-0.4, -0.2) is 47.7 Å². The first-order valence-corrected chi connectivity index (χ1v) is 8.46. The standard InChI is InChI=1S/C18H32O5/c1-13(19)9-7-5-6-8-10-14-15(17(21)11-16(14)20)12-23-18(2,3)22-4/h6,8,14-17,20-21H,5,7,9-12H2,1-4H3/b8-6-/t14-,15-,16?,17?/m1/s1. The summed E-state index contributed by atoms with van der Waals surface area (Å²) in [5, 5.41) is 20.3. The van der Waals surface area contributed by atoms with Crippen molar-refractivity contribution in [1.82, 2.24) is 0 Å². The molecule has 0 heterocycles. The molecule has 2 N–H and O–H groups in total. The van der Waals surface area contributed by atoms with E-state index in [1.165, 1.54) is 0 Å². The number of rotatable bonds is 10. The van der Waals surface area contributed by atoms with E-state index in [4.69, 9.17) is 9.47 Å². The summed E-state index contributed by atoms with van der Waals surface area (Å²) in [5.74, 6) is -0.589. The van der Waals surface area contributed by atoms with E-state index in [1.54, 1.807) is 14.0 Å². The predicted octanol–water partition coefficient (Wildman–Crippen LogP) is 2.45. The maximum Gasteiger partial charge on any atom is 0.162 e. The van der Waals surface area contributed by atoms with Crippen LogP contribution in [0.5, 0.6) is 0 Å². The van der Waals surface area contributed by atoms with Crippen molar-refractivity contribution < 1.29 is 24.5 Å². The van der Waals surface area contributed by atoms with Crippen LogP contribution in [0, 0.1) is 11.8 Å². The Morgan fingerprint density at radius 2 is 1.87 bits per heavy atom. The number of hydrogen-bond donors (Lipinski definition) is 2. The number of methoxy groups -OCH3 is 1. The zero-order chi connectivity index (χ0) is 17.5. The Hall–Kier alpha value is -0.750. The predicted molar refractivity (Wildman–Crippen MR) is 88.9 cm³/mol. The van der Waals surface area contributed by atoms with Gasteiger partial charge in [-0.05, 0) is 52.4 Å². The van der Waals surface area contributed by atoms with Gasteiger partial charge in [-0.1, -0.05) is 12.2 Å². The molecule has 0 aromatic carbocycles. The molecule has 4 atom stereocenters. The maximum atomic E-state index is 10.9. The number of unbranched alkanes of at least 4 members (excludes halogenated alkanes) is 1. The van der Waals surface area contributed by atoms with Gasteiger partial charge in [-0.25, -0.2) is 0 Å². The largest absolute Gasteiger partial charge is 0.393 e. The van der Waals surface area contributed by atoms with Gasteiger partial charge in [-0.3, -0.25) is 0 Å². The highest BCUT2D eigenvalue weighted by molar-refractivity contribution is 5.75. The normalized spacial score (nSPS) is 28.6. The second kappa shape index (κ2) is 9.52. The molecular formula is C18H32O5. The van der Waals surface area contributed by atoms with Crippen LogP contribution in [0.3, 0.4) is 0 Å². The highest BCUT2D eigenvalue weighted by Crippen LogP contribution is 2.36. The molecule has 5 heteroatoms.